The SMILES string of the molecule is CCCCC[P+](CCC)(CCC)CCCCC. The van der Waals surface area contributed by atoms with Gasteiger partial charge in [0.2, 0.25) is 0 Å². The second-order valence-corrected chi connectivity index (χ2v) is 10.1. The van der Waals surface area contributed by atoms with E-state index in [2.05, 4.69) is 27.7 Å². The first-order valence-corrected chi connectivity index (χ1v) is 10.6. The fourth-order valence-electron chi connectivity index (χ4n) is 3.01. The molecular weight excluding hydrogens is 223 g/mol. The van der Waals surface area contributed by atoms with Gasteiger partial charge >= 0.3 is 0 Å². The molecule has 0 atom stereocenters. The van der Waals surface area contributed by atoms with Gasteiger partial charge in [0.1, 0.15) is 0 Å². The van der Waals surface area contributed by atoms with E-state index in [4.69, 9.17) is 0 Å². The zero-order valence-corrected chi connectivity index (χ0v) is 13.8. The smallest absolute Gasteiger partial charge is 0.0594 e. The first-order valence-electron chi connectivity index (χ1n) is 8.09. The van der Waals surface area contributed by atoms with E-state index >= 15 is 0 Å². The van der Waals surface area contributed by atoms with Gasteiger partial charge in [0.15, 0.2) is 0 Å². The van der Waals surface area contributed by atoms with E-state index in [-0.39, 0.29) is 0 Å². The molecule has 0 aromatic carbocycles. The molecule has 0 fully saturated rings. The fraction of sp³-hybridized carbons (Fsp3) is 1.00. The molecule has 17 heavy (non-hydrogen) atoms. The summed E-state index contributed by atoms with van der Waals surface area (Å²) in [5, 5.41) is 0. The van der Waals surface area contributed by atoms with E-state index < -0.39 is 7.26 Å². The predicted molar refractivity (Wildman–Crippen MR) is 86.0 cm³/mol. The lowest BCUT2D eigenvalue weighted by Crippen LogP contribution is -2.12. The Bertz CT molecular complexity index is 136. The molecule has 0 bridgehead atoms. The van der Waals surface area contributed by atoms with E-state index in [0.29, 0.717) is 0 Å². The summed E-state index contributed by atoms with van der Waals surface area (Å²) >= 11 is 0. The van der Waals surface area contributed by atoms with Crippen molar-refractivity contribution in [1.82, 2.24) is 0 Å². The average molecular weight is 259 g/mol. The molecule has 0 aromatic heterocycles. The summed E-state index contributed by atoms with van der Waals surface area (Å²) in [6, 6.07) is 0. The van der Waals surface area contributed by atoms with Gasteiger partial charge < -0.3 is 0 Å². The minimum Gasteiger partial charge on any atom is -0.0654 e. The minimum absolute atomic E-state index is 0.556. The number of rotatable bonds is 12. The molecule has 0 saturated heterocycles. The quantitative estimate of drug-likeness (QED) is 0.289. The minimum atomic E-state index is -0.556. The van der Waals surface area contributed by atoms with Crippen molar-refractivity contribution in [3.8, 4) is 0 Å². The molecule has 0 N–H and O–H groups in total. The van der Waals surface area contributed by atoms with Gasteiger partial charge in [-0.2, -0.15) is 0 Å². The highest BCUT2D eigenvalue weighted by atomic mass is 31.2. The molecule has 0 unspecified atom stereocenters. The molecular formula is C16H36P+. The highest BCUT2D eigenvalue weighted by molar-refractivity contribution is 7.75. The van der Waals surface area contributed by atoms with Crippen LogP contribution in [0.5, 0.6) is 0 Å². The Labute approximate surface area is 111 Å². The van der Waals surface area contributed by atoms with Crippen LogP contribution in [0.15, 0.2) is 0 Å². The lowest BCUT2D eigenvalue weighted by Gasteiger charge is -2.27. The van der Waals surface area contributed by atoms with E-state index in [1.807, 2.05) is 0 Å². The van der Waals surface area contributed by atoms with Gasteiger partial charge in [-0.05, 0) is 25.7 Å². The van der Waals surface area contributed by atoms with Crippen molar-refractivity contribution in [2.24, 2.45) is 0 Å². The van der Waals surface area contributed by atoms with Gasteiger partial charge in [-0.25, -0.2) is 0 Å². The monoisotopic (exact) mass is 259 g/mol. The lowest BCUT2D eigenvalue weighted by molar-refractivity contribution is 0.753. The second kappa shape index (κ2) is 11.5. The van der Waals surface area contributed by atoms with E-state index in [1.54, 1.807) is 24.6 Å². The summed E-state index contributed by atoms with van der Waals surface area (Å²) in [6.45, 7) is 9.45. The van der Waals surface area contributed by atoms with Crippen molar-refractivity contribution in [1.29, 1.82) is 0 Å². The highest BCUT2D eigenvalue weighted by Gasteiger charge is 2.33. The molecule has 0 nitrogen and oxygen atoms in total. The van der Waals surface area contributed by atoms with Crippen LogP contribution in [0.3, 0.4) is 0 Å². The van der Waals surface area contributed by atoms with Gasteiger partial charge in [0.05, 0.1) is 24.6 Å². The molecule has 104 valence electrons. The third-order valence-corrected chi connectivity index (χ3v) is 9.19. The van der Waals surface area contributed by atoms with Crippen LogP contribution >= 0.6 is 7.26 Å². The van der Waals surface area contributed by atoms with Crippen LogP contribution in [0.25, 0.3) is 0 Å². The molecule has 0 aromatic rings. The topological polar surface area (TPSA) is 0 Å². The lowest BCUT2D eigenvalue weighted by atomic mass is 10.3. The van der Waals surface area contributed by atoms with Crippen molar-refractivity contribution in [2.45, 2.75) is 79.1 Å². The van der Waals surface area contributed by atoms with Gasteiger partial charge in [0, 0.05) is 7.26 Å². The molecule has 1 heteroatoms. The number of unbranched alkanes of at least 4 members (excludes halogenated alkanes) is 4. The molecule has 0 saturated carbocycles. The molecule has 0 aliphatic rings. The maximum absolute atomic E-state index is 2.39. The summed E-state index contributed by atoms with van der Waals surface area (Å²) in [4.78, 5) is 0. The molecule has 0 amide bonds. The molecule has 0 aliphatic carbocycles. The van der Waals surface area contributed by atoms with Gasteiger partial charge in [-0.3, -0.25) is 0 Å². The Morgan fingerprint density at radius 2 is 0.882 bits per heavy atom. The largest absolute Gasteiger partial charge is 0.0654 e. The van der Waals surface area contributed by atoms with Crippen LogP contribution in [-0.2, 0) is 0 Å². The third kappa shape index (κ3) is 8.20. The number of hydrogen-bond acceptors (Lipinski definition) is 0. The van der Waals surface area contributed by atoms with E-state index in [1.165, 1.54) is 51.4 Å². The van der Waals surface area contributed by atoms with Crippen LogP contribution < -0.4 is 0 Å². The summed E-state index contributed by atoms with van der Waals surface area (Å²) in [6.07, 6.45) is 17.9. The second-order valence-electron chi connectivity index (χ2n) is 5.65. The van der Waals surface area contributed by atoms with Gasteiger partial charge in [-0.1, -0.05) is 53.4 Å². The zero-order chi connectivity index (χ0) is 13.0. The maximum Gasteiger partial charge on any atom is 0.0594 e. The van der Waals surface area contributed by atoms with Crippen molar-refractivity contribution in [3.63, 3.8) is 0 Å². The van der Waals surface area contributed by atoms with Crippen LogP contribution in [0.1, 0.15) is 79.1 Å². The van der Waals surface area contributed by atoms with E-state index in [0.717, 1.165) is 0 Å². The maximum atomic E-state index is 2.39. The summed E-state index contributed by atoms with van der Waals surface area (Å²) in [5.41, 5.74) is 0. The molecule has 0 spiro atoms. The average Bonchev–Trinajstić information content (AvgIpc) is 2.30. The number of hydrogen-bond donors (Lipinski definition) is 0. The summed E-state index contributed by atoms with van der Waals surface area (Å²) < 4.78 is 0. The Morgan fingerprint density at radius 1 is 0.471 bits per heavy atom. The Kier molecular flexibility index (Phi) is 11.8. The Hall–Kier alpha value is 0.430. The molecule has 0 rings (SSSR count). The van der Waals surface area contributed by atoms with Crippen molar-refractivity contribution in [3.05, 3.63) is 0 Å². The van der Waals surface area contributed by atoms with Crippen LogP contribution in [0.2, 0.25) is 0 Å². The van der Waals surface area contributed by atoms with Crippen LogP contribution in [0, 0.1) is 0 Å². The summed E-state index contributed by atoms with van der Waals surface area (Å²) in [7, 11) is -0.556. The first kappa shape index (κ1) is 17.4. The predicted octanol–water partition coefficient (Wildman–Crippen LogP) is 6.20. The highest BCUT2D eigenvalue weighted by Crippen LogP contribution is 2.60. The zero-order valence-electron chi connectivity index (χ0n) is 12.9. The molecule has 0 radical (unpaired) electrons. The van der Waals surface area contributed by atoms with Crippen molar-refractivity contribution < 1.29 is 0 Å². The Balaban J connectivity index is 4.25. The molecule has 0 heterocycles. The van der Waals surface area contributed by atoms with Gasteiger partial charge in [0.25, 0.3) is 0 Å². The standard InChI is InChI=1S/C16H36P/c1-5-9-11-15-17(13-7-3,14-8-4)16-12-10-6-2/h5-16H2,1-4H3/q+1. The first-order chi connectivity index (χ1) is 8.24. The van der Waals surface area contributed by atoms with E-state index in [9.17, 15) is 0 Å². The fourth-order valence-corrected chi connectivity index (χ4v) is 8.04. The molecule has 0 aliphatic heterocycles. The van der Waals surface area contributed by atoms with Crippen LogP contribution in [-0.4, -0.2) is 24.6 Å². The normalized spacial score (nSPS) is 12.0. The Morgan fingerprint density at radius 3 is 1.18 bits per heavy atom. The third-order valence-electron chi connectivity index (χ3n) is 3.87. The van der Waals surface area contributed by atoms with Crippen molar-refractivity contribution in [2.75, 3.05) is 24.6 Å². The van der Waals surface area contributed by atoms with Crippen LogP contribution in [0.4, 0.5) is 0 Å². The summed E-state index contributed by atoms with van der Waals surface area (Å²) in [5.74, 6) is 0. The van der Waals surface area contributed by atoms with Gasteiger partial charge in [-0.15, -0.1) is 0 Å². The van der Waals surface area contributed by atoms with Crippen molar-refractivity contribution >= 4 is 7.26 Å².